The molecule has 54 valence electrons. The molecule has 0 aliphatic rings. The van der Waals surface area contributed by atoms with Gasteiger partial charge in [-0.2, -0.15) is 0 Å². The second-order valence-electron chi connectivity index (χ2n) is 2.05. The van der Waals surface area contributed by atoms with Gasteiger partial charge in [-0.05, 0) is 22.4 Å². The van der Waals surface area contributed by atoms with Crippen molar-refractivity contribution in [2.45, 2.75) is 32.2 Å². The van der Waals surface area contributed by atoms with E-state index in [1.807, 2.05) is 0 Å². The van der Waals surface area contributed by atoms with Gasteiger partial charge in [0, 0.05) is 0 Å². The highest BCUT2D eigenvalue weighted by molar-refractivity contribution is 9.18. The first-order chi connectivity index (χ1) is 4.18. The normalized spacial score (nSPS) is 13.2. The Kier molecular flexibility index (Phi) is 5.00. The Balaban J connectivity index is 3.27. The number of halogens is 1. The minimum atomic E-state index is -0.301. The smallest absolute Gasteiger partial charge is 0.214 e. The van der Waals surface area contributed by atoms with Crippen LogP contribution in [-0.4, -0.2) is 10.7 Å². The molecule has 0 spiro atoms. The largest absolute Gasteiger partial charge is 0.321 e. The molecule has 0 aromatic rings. The molecule has 0 amide bonds. The average Bonchev–Trinajstić information content (AvgIpc) is 1.82. The molecular weight excluding hydrogens is 182 g/mol. The maximum atomic E-state index is 10.4. The van der Waals surface area contributed by atoms with E-state index in [9.17, 15) is 4.79 Å². The maximum Gasteiger partial charge on any atom is 0.214 e. The highest BCUT2D eigenvalue weighted by Gasteiger charge is 2.07. The summed E-state index contributed by atoms with van der Waals surface area (Å²) in [6.45, 7) is 2.07. The van der Waals surface area contributed by atoms with Crippen molar-refractivity contribution in [1.29, 1.82) is 0 Å². The molecule has 0 radical (unpaired) electrons. The first kappa shape index (κ1) is 9.11. The van der Waals surface area contributed by atoms with Crippen LogP contribution in [0.3, 0.4) is 0 Å². The molecule has 0 unspecified atom stereocenters. The fraction of sp³-hybridized carbons (Fsp3) is 0.833. The lowest BCUT2D eigenvalue weighted by molar-refractivity contribution is -0.111. The zero-order valence-electron chi connectivity index (χ0n) is 5.56. The van der Waals surface area contributed by atoms with E-state index < -0.39 is 0 Å². The molecule has 0 aliphatic carbocycles. The first-order valence-corrected chi connectivity index (χ1v) is 3.92. The van der Waals surface area contributed by atoms with Crippen LogP contribution < -0.4 is 5.73 Å². The van der Waals surface area contributed by atoms with Crippen molar-refractivity contribution in [2.75, 3.05) is 0 Å². The molecule has 1 atom stereocenters. The zero-order valence-corrected chi connectivity index (χ0v) is 7.15. The molecule has 0 rings (SSSR count). The Hall–Kier alpha value is 0.110. The molecule has 2 nitrogen and oxygen atoms in total. The molecule has 3 heteroatoms. The third kappa shape index (κ3) is 4.60. The van der Waals surface area contributed by atoms with Crippen LogP contribution in [0.5, 0.6) is 0 Å². The van der Waals surface area contributed by atoms with Crippen molar-refractivity contribution in [3.05, 3.63) is 0 Å². The minimum absolute atomic E-state index is 0.0871. The zero-order chi connectivity index (χ0) is 7.28. The monoisotopic (exact) mass is 193 g/mol. The first-order valence-electron chi connectivity index (χ1n) is 3.13. The van der Waals surface area contributed by atoms with E-state index in [2.05, 4.69) is 22.9 Å². The molecular formula is C6H12BrNO. The maximum absolute atomic E-state index is 10.4. The van der Waals surface area contributed by atoms with Gasteiger partial charge in [-0.3, -0.25) is 4.79 Å². The van der Waals surface area contributed by atoms with Crippen LogP contribution in [0.25, 0.3) is 0 Å². The van der Waals surface area contributed by atoms with Gasteiger partial charge in [0.15, 0.2) is 0 Å². The van der Waals surface area contributed by atoms with Crippen LogP contribution in [0, 0.1) is 0 Å². The van der Waals surface area contributed by atoms with Gasteiger partial charge < -0.3 is 5.73 Å². The van der Waals surface area contributed by atoms with E-state index in [-0.39, 0.29) is 10.7 Å². The Morgan fingerprint density at radius 1 is 1.78 bits per heavy atom. The predicted octanol–water partition coefficient (Wildman–Crippen LogP) is 1.43. The van der Waals surface area contributed by atoms with E-state index in [0.29, 0.717) is 0 Å². The Morgan fingerprint density at radius 2 is 2.33 bits per heavy atom. The quantitative estimate of drug-likeness (QED) is 0.687. The van der Waals surface area contributed by atoms with Crippen LogP contribution in [0.4, 0.5) is 0 Å². The number of rotatable bonds is 4. The van der Waals surface area contributed by atoms with Crippen molar-refractivity contribution >= 4 is 20.6 Å². The molecule has 0 saturated heterocycles. The minimum Gasteiger partial charge on any atom is -0.321 e. The van der Waals surface area contributed by atoms with E-state index in [4.69, 9.17) is 5.73 Å². The van der Waals surface area contributed by atoms with Gasteiger partial charge >= 0.3 is 0 Å². The molecule has 2 N–H and O–H groups in total. The van der Waals surface area contributed by atoms with Crippen LogP contribution >= 0.6 is 15.9 Å². The summed E-state index contributed by atoms with van der Waals surface area (Å²) in [7, 11) is 0. The molecule has 0 bridgehead atoms. The molecule has 0 saturated carbocycles. The summed E-state index contributed by atoms with van der Waals surface area (Å²) in [5.74, 6) is 0. The Morgan fingerprint density at radius 3 is 2.67 bits per heavy atom. The van der Waals surface area contributed by atoms with Crippen LogP contribution in [0.1, 0.15) is 26.2 Å². The summed E-state index contributed by atoms with van der Waals surface area (Å²) >= 11 is 2.81. The molecule has 0 aliphatic heterocycles. The van der Waals surface area contributed by atoms with Crippen LogP contribution in [0.2, 0.25) is 0 Å². The van der Waals surface area contributed by atoms with Crippen LogP contribution in [0.15, 0.2) is 0 Å². The van der Waals surface area contributed by atoms with E-state index in [1.165, 1.54) is 0 Å². The number of nitrogens with two attached hydrogens (primary N) is 1. The summed E-state index contributed by atoms with van der Waals surface area (Å²) < 4.78 is -0.0871. The number of unbranched alkanes of at least 4 members (excludes halogenated alkanes) is 1. The summed E-state index contributed by atoms with van der Waals surface area (Å²) in [5.41, 5.74) is 5.41. The second kappa shape index (κ2) is 4.94. The summed E-state index contributed by atoms with van der Waals surface area (Å²) in [4.78, 5) is 10.4. The molecule has 0 heterocycles. The lowest BCUT2D eigenvalue weighted by atomic mass is 10.1. The van der Waals surface area contributed by atoms with Gasteiger partial charge in [-0.15, -0.1) is 0 Å². The second-order valence-corrected chi connectivity index (χ2v) is 2.83. The highest BCUT2D eigenvalue weighted by Crippen LogP contribution is 2.01. The third-order valence-corrected chi connectivity index (χ3v) is 1.75. The van der Waals surface area contributed by atoms with E-state index >= 15 is 0 Å². The summed E-state index contributed by atoms with van der Waals surface area (Å²) in [6, 6.07) is -0.301. The summed E-state index contributed by atoms with van der Waals surface area (Å²) in [6.07, 6.45) is 2.91. The fourth-order valence-corrected chi connectivity index (χ4v) is 0.766. The number of carbonyl (C=O) groups is 1. The SMILES string of the molecule is CCCC[C@H](N)C(=O)Br. The average molecular weight is 194 g/mol. The van der Waals surface area contributed by atoms with Gasteiger partial charge in [-0.25, -0.2) is 0 Å². The fourth-order valence-electron chi connectivity index (χ4n) is 0.538. The van der Waals surface area contributed by atoms with Gasteiger partial charge in [0.05, 0.1) is 6.04 Å². The summed E-state index contributed by atoms with van der Waals surface area (Å²) in [5, 5.41) is 0. The molecule has 0 aromatic heterocycles. The standard InChI is InChI=1S/C6H12BrNO/c1-2-3-4-5(8)6(7)9/h5H,2-4,8H2,1H3/t5-/m0/s1. The van der Waals surface area contributed by atoms with E-state index in [0.717, 1.165) is 19.3 Å². The van der Waals surface area contributed by atoms with Gasteiger partial charge in [-0.1, -0.05) is 19.8 Å². The Bertz CT molecular complexity index is 95.1. The number of hydrogen-bond donors (Lipinski definition) is 1. The molecule has 0 fully saturated rings. The number of carbonyl (C=O) groups excluding carboxylic acids is 1. The van der Waals surface area contributed by atoms with E-state index in [1.54, 1.807) is 0 Å². The lowest BCUT2D eigenvalue weighted by Crippen LogP contribution is -2.25. The highest BCUT2D eigenvalue weighted by atomic mass is 79.9. The van der Waals surface area contributed by atoms with Crippen molar-refractivity contribution in [1.82, 2.24) is 0 Å². The predicted molar refractivity (Wildman–Crippen MR) is 41.4 cm³/mol. The lowest BCUT2D eigenvalue weighted by Gasteiger charge is -2.02. The topological polar surface area (TPSA) is 43.1 Å². The molecule has 0 aromatic carbocycles. The van der Waals surface area contributed by atoms with Crippen molar-refractivity contribution in [2.24, 2.45) is 5.73 Å². The van der Waals surface area contributed by atoms with Gasteiger partial charge in [0.1, 0.15) is 0 Å². The molecule has 9 heavy (non-hydrogen) atoms. The van der Waals surface area contributed by atoms with Crippen molar-refractivity contribution in [3.8, 4) is 0 Å². The van der Waals surface area contributed by atoms with Gasteiger partial charge in [0.2, 0.25) is 4.69 Å². The van der Waals surface area contributed by atoms with Crippen molar-refractivity contribution in [3.63, 3.8) is 0 Å². The number of hydrogen-bond acceptors (Lipinski definition) is 2. The van der Waals surface area contributed by atoms with Crippen LogP contribution in [-0.2, 0) is 4.79 Å². The van der Waals surface area contributed by atoms with Gasteiger partial charge in [0.25, 0.3) is 0 Å². The van der Waals surface area contributed by atoms with Crippen molar-refractivity contribution < 1.29 is 4.79 Å². The Labute approximate surface area is 63.9 Å². The third-order valence-electron chi connectivity index (χ3n) is 1.16.